The molecule has 0 spiro atoms. The average Bonchev–Trinajstić information content (AvgIpc) is 2.48. The van der Waals surface area contributed by atoms with Gasteiger partial charge in [0.1, 0.15) is 11.8 Å². The highest BCUT2D eigenvalue weighted by atomic mass is 16.3. The van der Waals surface area contributed by atoms with E-state index in [0.717, 1.165) is 21.9 Å². The van der Waals surface area contributed by atoms with Gasteiger partial charge in [-0.3, -0.25) is 0 Å². The lowest BCUT2D eigenvalue weighted by Crippen LogP contribution is -2.54. The fourth-order valence-electron chi connectivity index (χ4n) is 2.53. The topological polar surface area (TPSA) is 47.9 Å². The molecule has 0 fully saturated rings. The number of phenolic OH excluding ortho intramolecular Hbond substituents is 1. The van der Waals surface area contributed by atoms with Gasteiger partial charge < -0.3 is 10.8 Å². The van der Waals surface area contributed by atoms with E-state index < -0.39 is 0 Å². The summed E-state index contributed by atoms with van der Waals surface area (Å²) < 4.78 is 0. The van der Waals surface area contributed by atoms with E-state index in [2.05, 4.69) is 36.9 Å². The molecule has 0 aliphatic heterocycles. The summed E-state index contributed by atoms with van der Waals surface area (Å²) in [6, 6.07) is 20.1. The van der Waals surface area contributed by atoms with Gasteiger partial charge in [0.25, 0.3) is 0 Å². The van der Waals surface area contributed by atoms with Crippen LogP contribution in [0.4, 0.5) is 0 Å². The number of hydrogen-bond acceptors (Lipinski definition) is 1. The van der Waals surface area contributed by atoms with Crippen molar-refractivity contribution in [3.05, 3.63) is 77.4 Å². The van der Waals surface area contributed by atoms with E-state index in [9.17, 15) is 5.11 Å². The van der Waals surface area contributed by atoms with Crippen LogP contribution in [0.25, 0.3) is 10.8 Å². The van der Waals surface area contributed by atoms with Crippen molar-refractivity contribution in [3.8, 4) is 5.75 Å². The first kappa shape index (κ1) is 12.7. The van der Waals surface area contributed by atoms with Crippen molar-refractivity contribution in [2.75, 3.05) is 0 Å². The lowest BCUT2D eigenvalue weighted by Gasteiger charge is -2.13. The normalized spacial score (nSPS) is 12.5. The average molecular weight is 264 g/mol. The Morgan fingerprint density at radius 2 is 1.60 bits per heavy atom. The largest absolute Gasteiger partial charge is 0.507 e. The Labute approximate surface area is 118 Å². The highest BCUT2D eigenvalue weighted by Gasteiger charge is 2.18. The van der Waals surface area contributed by atoms with Gasteiger partial charge in [-0.05, 0) is 18.4 Å². The summed E-state index contributed by atoms with van der Waals surface area (Å²) in [5.41, 5.74) is 7.42. The third-order valence-electron chi connectivity index (χ3n) is 3.79. The van der Waals surface area contributed by atoms with E-state index in [1.807, 2.05) is 36.4 Å². The Kier molecular flexibility index (Phi) is 3.17. The molecule has 2 heteroatoms. The fourth-order valence-corrected chi connectivity index (χ4v) is 2.53. The van der Waals surface area contributed by atoms with Gasteiger partial charge in [-0.2, -0.15) is 0 Å². The third kappa shape index (κ3) is 2.15. The first-order valence-electron chi connectivity index (χ1n) is 6.77. The van der Waals surface area contributed by atoms with Crippen molar-refractivity contribution in [3.63, 3.8) is 0 Å². The minimum absolute atomic E-state index is 0.0693. The summed E-state index contributed by atoms with van der Waals surface area (Å²) in [5.74, 6) is 0.337. The maximum absolute atomic E-state index is 10.5. The number of aromatic hydroxyl groups is 1. The van der Waals surface area contributed by atoms with Crippen molar-refractivity contribution in [2.24, 2.45) is 0 Å². The second-order valence-corrected chi connectivity index (χ2v) is 5.19. The number of rotatable bonds is 2. The zero-order chi connectivity index (χ0) is 14.1. The van der Waals surface area contributed by atoms with E-state index >= 15 is 0 Å². The van der Waals surface area contributed by atoms with Crippen LogP contribution in [0.5, 0.6) is 5.75 Å². The zero-order valence-corrected chi connectivity index (χ0v) is 11.5. The minimum Gasteiger partial charge on any atom is -0.507 e. The Hall–Kier alpha value is -2.32. The predicted octanol–water partition coefficient (Wildman–Crippen LogP) is 3.19. The molecule has 0 bridgehead atoms. The Morgan fingerprint density at radius 1 is 0.900 bits per heavy atom. The smallest absolute Gasteiger partial charge is 0.139 e. The Morgan fingerprint density at radius 3 is 2.35 bits per heavy atom. The van der Waals surface area contributed by atoms with Gasteiger partial charge in [-0.1, -0.05) is 60.2 Å². The van der Waals surface area contributed by atoms with Crippen molar-refractivity contribution >= 4 is 10.8 Å². The standard InChI is InChI=1S/C18H17NO/c1-12-6-8-14(9-7-12)17(19)16-11-10-13-4-2-3-5-15(13)18(16)20/h2-11,17,20H,19H2,1H3/p+1. The molecule has 20 heavy (non-hydrogen) atoms. The highest BCUT2D eigenvalue weighted by molar-refractivity contribution is 5.89. The molecule has 0 heterocycles. The molecule has 2 nitrogen and oxygen atoms in total. The maximum Gasteiger partial charge on any atom is 0.139 e. The first-order valence-corrected chi connectivity index (χ1v) is 6.77. The molecule has 0 saturated carbocycles. The van der Waals surface area contributed by atoms with E-state index in [-0.39, 0.29) is 6.04 Å². The van der Waals surface area contributed by atoms with Crippen LogP contribution in [0.15, 0.2) is 60.7 Å². The van der Waals surface area contributed by atoms with Crippen LogP contribution in [-0.4, -0.2) is 5.11 Å². The molecule has 0 aliphatic rings. The van der Waals surface area contributed by atoms with E-state index in [4.69, 9.17) is 0 Å². The van der Waals surface area contributed by atoms with Crippen molar-refractivity contribution in [2.45, 2.75) is 13.0 Å². The van der Waals surface area contributed by atoms with Gasteiger partial charge in [0.15, 0.2) is 0 Å². The minimum atomic E-state index is -0.0693. The summed E-state index contributed by atoms with van der Waals surface area (Å²) >= 11 is 0. The molecule has 0 amide bonds. The lowest BCUT2D eigenvalue weighted by molar-refractivity contribution is -0.411. The van der Waals surface area contributed by atoms with Gasteiger partial charge in [0, 0.05) is 10.9 Å². The quantitative estimate of drug-likeness (QED) is 0.733. The lowest BCUT2D eigenvalue weighted by atomic mass is 9.95. The number of phenols is 1. The van der Waals surface area contributed by atoms with Crippen LogP contribution >= 0.6 is 0 Å². The van der Waals surface area contributed by atoms with Gasteiger partial charge in [-0.15, -0.1) is 0 Å². The Bertz CT molecular complexity index is 747. The molecular weight excluding hydrogens is 246 g/mol. The molecule has 1 atom stereocenters. The van der Waals surface area contributed by atoms with E-state index in [0.29, 0.717) is 5.75 Å². The van der Waals surface area contributed by atoms with E-state index in [1.54, 1.807) is 0 Å². The molecule has 3 rings (SSSR count). The van der Waals surface area contributed by atoms with E-state index in [1.165, 1.54) is 5.56 Å². The SMILES string of the molecule is Cc1ccc(C([NH3+])c2ccc3ccccc3c2O)cc1. The molecule has 0 saturated heterocycles. The number of quaternary nitrogens is 1. The van der Waals surface area contributed by atoms with Crippen LogP contribution in [0.3, 0.4) is 0 Å². The molecular formula is C18H18NO+. The summed E-state index contributed by atoms with van der Waals surface area (Å²) in [6.07, 6.45) is 0. The van der Waals surface area contributed by atoms with Crippen molar-refractivity contribution in [1.82, 2.24) is 0 Å². The second-order valence-electron chi connectivity index (χ2n) is 5.19. The van der Waals surface area contributed by atoms with Gasteiger partial charge >= 0.3 is 0 Å². The Balaban J connectivity index is 2.09. The summed E-state index contributed by atoms with van der Waals surface area (Å²) in [6.45, 7) is 2.06. The summed E-state index contributed by atoms with van der Waals surface area (Å²) in [5, 5.41) is 12.4. The van der Waals surface area contributed by atoms with Gasteiger partial charge in [0.2, 0.25) is 0 Å². The number of aryl methyl sites for hydroxylation is 1. The number of fused-ring (bicyclic) bond motifs is 1. The molecule has 100 valence electrons. The monoisotopic (exact) mass is 264 g/mol. The summed E-state index contributed by atoms with van der Waals surface area (Å²) in [7, 11) is 0. The molecule has 0 radical (unpaired) electrons. The highest BCUT2D eigenvalue weighted by Crippen LogP contribution is 2.33. The number of hydrogen-bond donors (Lipinski definition) is 2. The van der Waals surface area contributed by atoms with Crippen LogP contribution in [0.2, 0.25) is 0 Å². The van der Waals surface area contributed by atoms with Crippen molar-refractivity contribution < 1.29 is 10.8 Å². The van der Waals surface area contributed by atoms with Gasteiger partial charge in [-0.25, -0.2) is 0 Å². The van der Waals surface area contributed by atoms with Crippen molar-refractivity contribution in [1.29, 1.82) is 0 Å². The van der Waals surface area contributed by atoms with Crippen LogP contribution in [0, 0.1) is 6.92 Å². The molecule has 4 N–H and O–H groups in total. The maximum atomic E-state index is 10.5. The fraction of sp³-hybridized carbons (Fsp3) is 0.111. The van der Waals surface area contributed by atoms with Crippen LogP contribution in [-0.2, 0) is 0 Å². The summed E-state index contributed by atoms with van der Waals surface area (Å²) in [4.78, 5) is 0. The second kappa shape index (κ2) is 4.99. The third-order valence-corrected chi connectivity index (χ3v) is 3.79. The van der Waals surface area contributed by atoms with Gasteiger partial charge in [0.05, 0.1) is 5.56 Å². The predicted molar refractivity (Wildman–Crippen MR) is 81.5 cm³/mol. The first-order chi connectivity index (χ1) is 9.66. The van der Waals surface area contributed by atoms with Crippen LogP contribution < -0.4 is 5.73 Å². The van der Waals surface area contributed by atoms with Crippen LogP contribution in [0.1, 0.15) is 22.7 Å². The molecule has 0 aliphatic carbocycles. The zero-order valence-electron chi connectivity index (χ0n) is 11.5. The molecule has 3 aromatic carbocycles. The molecule has 3 aromatic rings. The number of benzene rings is 3. The molecule has 1 unspecified atom stereocenters. The molecule has 0 aromatic heterocycles.